The van der Waals surface area contributed by atoms with E-state index >= 15 is 0 Å². The van der Waals surface area contributed by atoms with Crippen LogP contribution in [0.15, 0.2) is 65.6 Å². The summed E-state index contributed by atoms with van der Waals surface area (Å²) < 4.78 is 44.8. The van der Waals surface area contributed by atoms with Gasteiger partial charge in [-0.2, -0.15) is 4.31 Å². The molecule has 5 rings (SSSR count). The molecule has 1 saturated heterocycles. The molecule has 0 N–H and O–H groups in total. The normalized spacial score (nSPS) is 17.3. The molecule has 222 valence electrons. The number of carbonyl (C=O) groups is 1. The van der Waals surface area contributed by atoms with Crippen LogP contribution in [0.1, 0.15) is 46.8 Å². The predicted octanol–water partition coefficient (Wildman–Crippen LogP) is 4.61. The van der Waals surface area contributed by atoms with E-state index < -0.39 is 21.0 Å². The minimum Gasteiger partial charge on any atom is -0.493 e. The average Bonchev–Trinajstić information content (AvgIpc) is 3.03. The minimum absolute atomic E-state index is 0.0512. The zero-order valence-electron chi connectivity index (χ0n) is 23.5. The molecule has 0 spiro atoms. The number of carbonyl (C=O) groups excluding carboxylic acids is 1. The molecule has 42 heavy (non-hydrogen) atoms. The number of nitrogens with zero attached hydrogens (tertiary/aromatic N) is 3. The van der Waals surface area contributed by atoms with Crippen molar-refractivity contribution in [2.45, 2.75) is 36.6 Å². The monoisotopic (exact) mass is 595 g/mol. The summed E-state index contributed by atoms with van der Waals surface area (Å²) in [5.41, 5.74) is 2.12. The molecule has 0 aromatic heterocycles. The smallest absolute Gasteiger partial charge is 0.269 e. The predicted molar refractivity (Wildman–Crippen MR) is 155 cm³/mol. The second-order valence-corrected chi connectivity index (χ2v) is 12.2. The largest absolute Gasteiger partial charge is 0.493 e. The van der Waals surface area contributed by atoms with Crippen molar-refractivity contribution in [3.63, 3.8) is 0 Å². The van der Waals surface area contributed by atoms with E-state index in [0.29, 0.717) is 48.9 Å². The van der Waals surface area contributed by atoms with E-state index in [0.717, 1.165) is 30.4 Å². The number of nitro groups is 1. The summed E-state index contributed by atoms with van der Waals surface area (Å²) in [6.07, 6.45) is 3.27. The number of sulfonamides is 1. The van der Waals surface area contributed by atoms with Gasteiger partial charge >= 0.3 is 0 Å². The number of rotatable bonds is 9. The number of methoxy groups -OCH3 is 2. The van der Waals surface area contributed by atoms with Gasteiger partial charge in [-0.25, -0.2) is 8.42 Å². The minimum atomic E-state index is -3.62. The highest BCUT2D eigenvalue weighted by atomic mass is 32.2. The number of amides is 1. The van der Waals surface area contributed by atoms with Crippen LogP contribution in [0.3, 0.4) is 0 Å². The molecule has 1 atom stereocenters. The number of hydrogen-bond donors (Lipinski definition) is 0. The molecule has 3 aromatic rings. The van der Waals surface area contributed by atoms with Crippen LogP contribution in [-0.2, 0) is 16.4 Å². The molecule has 0 bridgehead atoms. The van der Waals surface area contributed by atoms with Crippen LogP contribution in [0.4, 0.5) is 5.69 Å². The van der Waals surface area contributed by atoms with Gasteiger partial charge in [-0.3, -0.25) is 14.9 Å². The van der Waals surface area contributed by atoms with Crippen LogP contribution >= 0.6 is 0 Å². The highest BCUT2D eigenvalue weighted by Crippen LogP contribution is 2.39. The van der Waals surface area contributed by atoms with Gasteiger partial charge in [0.1, 0.15) is 12.4 Å². The number of hydrogen-bond acceptors (Lipinski definition) is 8. The van der Waals surface area contributed by atoms with Crippen molar-refractivity contribution in [3.8, 4) is 17.2 Å². The molecule has 2 aliphatic rings. The Morgan fingerprint density at radius 3 is 2.19 bits per heavy atom. The van der Waals surface area contributed by atoms with Crippen molar-refractivity contribution < 1.29 is 32.3 Å². The summed E-state index contributed by atoms with van der Waals surface area (Å²) in [6.45, 7) is 1.47. The average molecular weight is 596 g/mol. The van der Waals surface area contributed by atoms with E-state index in [1.807, 2.05) is 12.1 Å². The second kappa shape index (κ2) is 12.4. The highest BCUT2D eigenvalue weighted by molar-refractivity contribution is 7.89. The van der Waals surface area contributed by atoms with E-state index in [9.17, 15) is 23.3 Å². The third kappa shape index (κ3) is 5.90. The highest BCUT2D eigenvalue weighted by Gasteiger charge is 2.34. The first-order valence-electron chi connectivity index (χ1n) is 13.8. The van der Waals surface area contributed by atoms with Crippen LogP contribution in [0.2, 0.25) is 0 Å². The van der Waals surface area contributed by atoms with E-state index in [2.05, 4.69) is 0 Å². The molecule has 2 heterocycles. The Bertz CT molecular complexity index is 1550. The lowest BCUT2D eigenvalue weighted by Crippen LogP contribution is -2.42. The van der Waals surface area contributed by atoms with E-state index in [1.54, 1.807) is 24.1 Å². The maximum Gasteiger partial charge on any atom is 0.269 e. The zero-order chi connectivity index (χ0) is 29.9. The van der Waals surface area contributed by atoms with E-state index in [4.69, 9.17) is 14.2 Å². The topological polar surface area (TPSA) is 129 Å². The van der Waals surface area contributed by atoms with Gasteiger partial charge in [0.2, 0.25) is 10.0 Å². The van der Waals surface area contributed by atoms with Gasteiger partial charge in [-0.15, -0.1) is 0 Å². The summed E-state index contributed by atoms with van der Waals surface area (Å²) in [4.78, 5) is 26.3. The Morgan fingerprint density at radius 2 is 1.57 bits per heavy atom. The Balaban J connectivity index is 1.43. The summed E-state index contributed by atoms with van der Waals surface area (Å²) in [5.74, 6) is 1.25. The molecular formula is C30H33N3O8S. The summed E-state index contributed by atoms with van der Waals surface area (Å²) >= 11 is 0. The fourth-order valence-corrected chi connectivity index (χ4v) is 7.00. The Kier molecular flexibility index (Phi) is 8.64. The van der Waals surface area contributed by atoms with E-state index in [-0.39, 0.29) is 23.1 Å². The van der Waals surface area contributed by atoms with Crippen LogP contribution in [0, 0.1) is 10.1 Å². The molecule has 0 radical (unpaired) electrons. The van der Waals surface area contributed by atoms with Gasteiger partial charge in [0.25, 0.3) is 11.6 Å². The maximum atomic E-state index is 13.9. The molecule has 0 aliphatic carbocycles. The van der Waals surface area contributed by atoms with Crippen molar-refractivity contribution in [1.82, 2.24) is 9.21 Å². The molecule has 3 aromatic carbocycles. The first-order chi connectivity index (χ1) is 20.2. The lowest BCUT2D eigenvalue weighted by Gasteiger charge is -2.37. The van der Waals surface area contributed by atoms with Crippen LogP contribution in [0.25, 0.3) is 0 Å². The Hall–Kier alpha value is -4.16. The van der Waals surface area contributed by atoms with Crippen molar-refractivity contribution in [2.24, 2.45) is 0 Å². The maximum absolute atomic E-state index is 13.9. The molecule has 1 unspecified atom stereocenters. The third-order valence-corrected chi connectivity index (χ3v) is 9.69. The molecule has 2 aliphatic heterocycles. The molecule has 12 heteroatoms. The second-order valence-electron chi connectivity index (χ2n) is 10.2. The summed E-state index contributed by atoms with van der Waals surface area (Å²) in [7, 11) is -0.519. The van der Waals surface area contributed by atoms with Crippen molar-refractivity contribution in [2.75, 3.05) is 40.5 Å². The molecule has 11 nitrogen and oxygen atoms in total. The lowest BCUT2D eigenvalue weighted by atomic mass is 9.91. The lowest BCUT2D eigenvalue weighted by molar-refractivity contribution is -0.384. The van der Waals surface area contributed by atoms with Crippen LogP contribution in [-0.4, -0.2) is 68.9 Å². The Labute approximate surface area is 244 Å². The first kappa shape index (κ1) is 29.3. The van der Waals surface area contributed by atoms with Gasteiger partial charge in [0.05, 0.1) is 30.1 Å². The van der Waals surface area contributed by atoms with Gasteiger partial charge in [0.15, 0.2) is 11.5 Å². The van der Waals surface area contributed by atoms with Gasteiger partial charge in [-0.1, -0.05) is 6.42 Å². The fraction of sp³-hybridized carbons (Fsp3) is 0.367. The summed E-state index contributed by atoms with van der Waals surface area (Å²) in [6, 6.07) is 15.1. The van der Waals surface area contributed by atoms with E-state index in [1.165, 1.54) is 47.8 Å². The van der Waals surface area contributed by atoms with Crippen molar-refractivity contribution in [1.29, 1.82) is 0 Å². The van der Waals surface area contributed by atoms with Crippen molar-refractivity contribution in [3.05, 3.63) is 87.5 Å². The van der Waals surface area contributed by atoms with Gasteiger partial charge in [-0.05, 0) is 78.9 Å². The number of piperidine rings is 1. The Morgan fingerprint density at radius 1 is 0.929 bits per heavy atom. The number of fused-ring (bicyclic) bond motifs is 1. The first-order valence-corrected chi connectivity index (χ1v) is 15.2. The number of non-ortho nitro benzene ring substituents is 1. The van der Waals surface area contributed by atoms with Crippen LogP contribution < -0.4 is 14.2 Å². The fourth-order valence-electron chi connectivity index (χ4n) is 5.48. The van der Waals surface area contributed by atoms with Crippen LogP contribution in [0.5, 0.6) is 17.2 Å². The molecular weight excluding hydrogens is 562 g/mol. The number of benzene rings is 3. The SMILES string of the molecule is COc1cc2c(cc1OC)C(COc1ccc([N+](=O)[O-])cc1)N(C(=O)c1ccc(S(=O)(=O)N3CCCCC3)cc1)CC2. The van der Waals surface area contributed by atoms with Gasteiger partial charge in [0, 0.05) is 37.3 Å². The quantitative estimate of drug-likeness (QED) is 0.259. The third-order valence-electron chi connectivity index (χ3n) is 7.77. The standard InChI is InChI=1S/C30H33N3O8S/c1-39-28-18-22-14-17-32(30(34)21-6-12-25(13-7-21)42(37,38)31-15-4-3-5-16-31)27(26(22)19-29(28)40-2)20-41-24-10-8-23(9-11-24)33(35)36/h6-13,18-19,27H,3-5,14-17,20H2,1-2H3. The number of ether oxygens (including phenoxy) is 3. The molecule has 1 fully saturated rings. The van der Waals surface area contributed by atoms with Crippen molar-refractivity contribution >= 4 is 21.6 Å². The zero-order valence-corrected chi connectivity index (χ0v) is 24.3. The summed E-state index contributed by atoms with van der Waals surface area (Å²) in [5, 5.41) is 11.0. The molecule has 0 saturated carbocycles. The molecule has 1 amide bonds. The number of nitro benzene ring substituents is 1. The van der Waals surface area contributed by atoms with Gasteiger partial charge < -0.3 is 19.1 Å².